The average molecular weight is 393 g/mol. The lowest BCUT2D eigenvalue weighted by Crippen LogP contribution is -2.22. The van der Waals surface area contributed by atoms with Gasteiger partial charge in [0.2, 0.25) is 0 Å². The van der Waals surface area contributed by atoms with Gasteiger partial charge in [0.15, 0.2) is 0 Å². The molecule has 1 aliphatic rings. The van der Waals surface area contributed by atoms with Crippen LogP contribution in [0, 0.1) is 6.92 Å². The Labute approximate surface area is 144 Å². The van der Waals surface area contributed by atoms with Crippen LogP contribution in [-0.4, -0.2) is 14.1 Å². The molecule has 2 aromatic rings. The molecule has 0 aliphatic heterocycles. The molecule has 3 rings (SSSR count). The van der Waals surface area contributed by atoms with Crippen LogP contribution in [0.25, 0.3) is 0 Å². The Kier molecular flexibility index (Phi) is 4.55. The molecular formula is C17H17BrN2O2S. The summed E-state index contributed by atoms with van der Waals surface area (Å²) in [6, 6.07) is 12.8. The fourth-order valence-electron chi connectivity index (χ4n) is 2.62. The van der Waals surface area contributed by atoms with Crippen LogP contribution in [0.1, 0.15) is 29.5 Å². The monoisotopic (exact) mass is 392 g/mol. The third-order valence-electron chi connectivity index (χ3n) is 3.87. The number of nitrogens with zero attached hydrogens (tertiary/aromatic N) is 1. The third kappa shape index (κ3) is 3.64. The van der Waals surface area contributed by atoms with Crippen molar-refractivity contribution >= 4 is 31.7 Å². The lowest BCUT2D eigenvalue weighted by molar-refractivity contribution is 0.584. The molecule has 0 fully saturated rings. The first-order chi connectivity index (χ1) is 11.0. The fourth-order valence-corrected chi connectivity index (χ4v) is 3.81. The van der Waals surface area contributed by atoms with Crippen molar-refractivity contribution in [3.63, 3.8) is 0 Å². The molecule has 0 saturated heterocycles. The molecule has 0 aromatic heterocycles. The van der Waals surface area contributed by atoms with Crippen LogP contribution < -0.4 is 4.83 Å². The average Bonchev–Trinajstić information content (AvgIpc) is 2.53. The molecule has 4 nitrogen and oxygen atoms in total. The summed E-state index contributed by atoms with van der Waals surface area (Å²) in [5.41, 5.74) is 4.01. The summed E-state index contributed by atoms with van der Waals surface area (Å²) in [5.74, 6) is 0. The Balaban J connectivity index is 1.89. The maximum absolute atomic E-state index is 12.3. The second-order valence-corrected chi connectivity index (χ2v) is 8.20. The van der Waals surface area contributed by atoms with Gasteiger partial charge in [-0.25, -0.2) is 0 Å². The van der Waals surface area contributed by atoms with E-state index in [0.717, 1.165) is 40.6 Å². The highest BCUT2D eigenvalue weighted by Gasteiger charge is 2.18. The van der Waals surface area contributed by atoms with Crippen molar-refractivity contribution in [3.05, 3.63) is 63.6 Å². The van der Waals surface area contributed by atoms with Gasteiger partial charge < -0.3 is 0 Å². The SMILES string of the molecule is Cc1ccc(S(=O)(=O)N/N=C2/CCCc3ccc(Br)cc32)cc1. The zero-order valence-electron chi connectivity index (χ0n) is 12.7. The van der Waals surface area contributed by atoms with Crippen molar-refractivity contribution in [2.45, 2.75) is 31.1 Å². The number of fused-ring (bicyclic) bond motifs is 1. The minimum atomic E-state index is -3.64. The number of hydrogen-bond acceptors (Lipinski definition) is 3. The summed E-state index contributed by atoms with van der Waals surface area (Å²) >= 11 is 3.46. The van der Waals surface area contributed by atoms with Gasteiger partial charge in [-0.05, 0) is 56.0 Å². The molecule has 2 aromatic carbocycles. The summed E-state index contributed by atoms with van der Waals surface area (Å²) in [6.45, 7) is 1.92. The molecule has 0 saturated carbocycles. The predicted octanol–water partition coefficient (Wildman–Crippen LogP) is 3.78. The third-order valence-corrected chi connectivity index (χ3v) is 5.59. The van der Waals surface area contributed by atoms with Gasteiger partial charge in [0.1, 0.15) is 0 Å². The highest BCUT2D eigenvalue weighted by molar-refractivity contribution is 9.10. The van der Waals surface area contributed by atoms with Crippen molar-refractivity contribution in [2.75, 3.05) is 0 Å². The van der Waals surface area contributed by atoms with Gasteiger partial charge in [0, 0.05) is 10.0 Å². The molecular weight excluding hydrogens is 376 g/mol. The fraction of sp³-hybridized carbons (Fsp3) is 0.235. The van der Waals surface area contributed by atoms with E-state index in [-0.39, 0.29) is 4.90 Å². The Hall–Kier alpha value is -1.66. The predicted molar refractivity (Wildman–Crippen MR) is 95.1 cm³/mol. The first kappa shape index (κ1) is 16.2. The van der Waals surface area contributed by atoms with Crippen LogP contribution in [0.4, 0.5) is 0 Å². The summed E-state index contributed by atoms with van der Waals surface area (Å²) in [4.78, 5) is 2.59. The van der Waals surface area contributed by atoms with E-state index in [1.165, 1.54) is 5.56 Å². The summed E-state index contributed by atoms with van der Waals surface area (Å²) in [7, 11) is -3.64. The Bertz CT molecular complexity index is 859. The first-order valence-electron chi connectivity index (χ1n) is 7.39. The molecule has 1 aliphatic carbocycles. The van der Waals surface area contributed by atoms with Gasteiger partial charge in [-0.3, -0.25) is 0 Å². The number of rotatable bonds is 3. The highest BCUT2D eigenvalue weighted by atomic mass is 79.9. The van der Waals surface area contributed by atoms with Crippen LogP contribution in [-0.2, 0) is 16.4 Å². The van der Waals surface area contributed by atoms with Gasteiger partial charge in [0.25, 0.3) is 10.0 Å². The summed E-state index contributed by atoms with van der Waals surface area (Å²) in [5, 5.41) is 4.19. The van der Waals surface area contributed by atoms with Crippen LogP contribution in [0.5, 0.6) is 0 Å². The molecule has 0 radical (unpaired) electrons. The second kappa shape index (κ2) is 6.45. The van der Waals surface area contributed by atoms with Gasteiger partial charge in [-0.1, -0.05) is 39.7 Å². The van der Waals surface area contributed by atoms with Crippen LogP contribution in [0.2, 0.25) is 0 Å². The molecule has 0 heterocycles. The maximum Gasteiger partial charge on any atom is 0.276 e. The van der Waals surface area contributed by atoms with E-state index in [1.807, 2.05) is 19.1 Å². The molecule has 120 valence electrons. The van der Waals surface area contributed by atoms with Crippen molar-refractivity contribution < 1.29 is 8.42 Å². The van der Waals surface area contributed by atoms with Crippen molar-refractivity contribution in [3.8, 4) is 0 Å². The zero-order chi connectivity index (χ0) is 16.4. The molecule has 0 bridgehead atoms. The minimum absolute atomic E-state index is 0.220. The van der Waals surface area contributed by atoms with E-state index in [4.69, 9.17) is 0 Å². The van der Waals surface area contributed by atoms with E-state index < -0.39 is 10.0 Å². The van der Waals surface area contributed by atoms with Crippen LogP contribution in [0.15, 0.2) is 56.9 Å². The Morgan fingerprint density at radius 1 is 1.09 bits per heavy atom. The lowest BCUT2D eigenvalue weighted by Gasteiger charge is -2.18. The van der Waals surface area contributed by atoms with Gasteiger partial charge in [-0.2, -0.15) is 18.4 Å². The number of nitrogens with one attached hydrogen (secondary N) is 1. The number of hydrogen-bond donors (Lipinski definition) is 1. The first-order valence-corrected chi connectivity index (χ1v) is 9.67. The number of sulfonamides is 1. The topological polar surface area (TPSA) is 58.5 Å². The Morgan fingerprint density at radius 2 is 1.83 bits per heavy atom. The molecule has 23 heavy (non-hydrogen) atoms. The number of benzene rings is 2. The molecule has 6 heteroatoms. The molecule has 0 spiro atoms. The van der Waals surface area contributed by atoms with Crippen molar-refractivity contribution in [1.29, 1.82) is 0 Å². The molecule has 0 unspecified atom stereocenters. The smallest absolute Gasteiger partial charge is 0.200 e. The molecule has 0 atom stereocenters. The van der Waals surface area contributed by atoms with E-state index in [1.54, 1.807) is 24.3 Å². The van der Waals surface area contributed by atoms with Crippen LogP contribution >= 0.6 is 15.9 Å². The largest absolute Gasteiger partial charge is 0.276 e. The minimum Gasteiger partial charge on any atom is -0.200 e. The lowest BCUT2D eigenvalue weighted by atomic mass is 9.90. The highest BCUT2D eigenvalue weighted by Crippen LogP contribution is 2.25. The molecule has 1 N–H and O–H groups in total. The quantitative estimate of drug-likeness (QED) is 0.807. The number of aryl methyl sites for hydroxylation is 2. The normalized spacial score (nSPS) is 16.2. The summed E-state index contributed by atoms with van der Waals surface area (Å²) in [6.07, 6.45) is 2.73. The Morgan fingerprint density at radius 3 is 2.57 bits per heavy atom. The van der Waals surface area contributed by atoms with E-state index >= 15 is 0 Å². The van der Waals surface area contributed by atoms with Crippen molar-refractivity contribution in [1.82, 2.24) is 4.83 Å². The number of halogens is 1. The van der Waals surface area contributed by atoms with Gasteiger partial charge in [0.05, 0.1) is 10.6 Å². The van der Waals surface area contributed by atoms with Gasteiger partial charge in [-0.15, -0.1) is 0 Å². The van der Waals surface area contributed by atoms with Gasteiger partial charge >= 0.3 is 0 Å². The van der Waals surface area contributed by atoms with E-state index in [9.17, 15) is 8.42 Å². The van der Waals surface area contributed by atoms with Crippen LogP contribution in [0.3, 0.4) is 0 Å². The summed E-state index contributed by atoms with van der Waals surface area (Å²) < 4.78 is 25.6. The van der Waals surface area contributed by atoms with Crippen molar-refractivity contribution in [2.24, 2.45) is 5.10 Å². The molecule has 0 amide bonds. The second-order valence-electron chi connectivity index (χ2n) is 5.62. The standard InChI is InChI=1S/C17H17BrN2O2S/c1-12-5-9-15(10-6-12)23(21,22)20-19-17-4-2-3-13-7-8-14(18)11-16(13)17/h5-11,20H,2-4H2,1H3/b19-17-. The van der Waals surface area contributed by atoms with E-state index in [2.05, 4.69) is 31.9 Å². The zero-order valence-corrected chi connectivity index (χ0v) is 15.1. The van der Waals surface area contributed by atoms with E-state index in [0.29, 0.717) is 0 Å². The number of hydrazone groups is 1. The maximum atomic E-state index is 12.3.